The molecule has 1 aromatic heterocycles. The molecule has 2 heterocycles. The number of halogens is 3. The van der Waals surface area contributed by atoms with Gasteiger partial charge in [-0.2, -0.15) is 0 Å². The fraction of sp³-hybridized carbons (Fsp3) is 0.321. The predicted octanol–water partition coefficient (Wildman–Crippen LogP) is 4.55. The smallest absolute Gasteiger partial charge is 0.321 e. The van der Waals surface area contributed by atoms with E-state index < -0.39 is 41.5 Å². The van der Waals surface area contributed by atoms with E-state index in [4.69, 9.17) is 4.74 Å². The lowest BCUT2D eigenvalue weighted by molar-refractivity contribution is 0.0356. The van der Waals surface area contributed by atoms with Gasteiger partial charge in [-0.3, -0.25) is 4.79 Å². The van der Waals surface area contributed by atoms with Crippen molar-refractivity contribution in [3.8, 4) is 17.0 Å². The summed E-state index contributed by atoms with van der Waals surface area (Å²) in [6.07, 6.45) is 0.804. The first-order chi connectivity index (χ1) is 18.6. The maximum absolute atomic E-state index is 14.0. The number of pyridine rings is 1. The summed E-state index contributed by atoms with van der Waals surface area (Å²) < 4.78 is 47.6. The number of hydrogen-bond acceptors (Lipinski definition) is 5. The lowest BCUT2D eigenvalue weighted by atomic mass is 9.99. The summed E-state index contributed by atoms with van der Waals surface area (Å²) in [6.45, 7) is 3.48. The zero-order chi connectivity index (χ0) is 28.3. The summed E-state index contributed by atoms with van der Waals surface area (Å²) in [6, 6.07) is 8.96. The molecule has 0 unspecified atom stereocenters. The van der Waals surface area contributed by atoms with Gasteiger partial charge in [0.25, 0.3) is 5.91 Å². The molecular formula is C28H29F3N4O4. The first-order valence-electron chi connectivity index (χ1n) is 12.4. The maximum atomic E-state index is 14.0. The second-order valence-corrected chi connectivity index (χ2v) is 9.64. The Balaban J connectivity index is 1.63. The van der Waals surface area contributed by atoms with Gasteiger partial charge >= 0.3 is 6.03 Å². The number of carbonyl (C=O) groups is 2. The Morgan fingerprint density at radius 3 is 2.64 bits per heavy atom. The number of ether oxygens (including phenoxy) is 1. The molecule has 2 aromatic carbocycles. The van der Waals surface area contributed by atoms with Gasteiger partial charge in [0.2, 0.25) is 5.88 Å². The minimum absolute atomic E-state index is 0.0201. The van der Waals surface area contributed by atoms with Crippen molar-refractivity contribution in [3.05, 3.63) is 77.7 Å². The average molecular weight is 543 g/mol. The largest absolute Gasteiger partial charge is 0.472 e. The molecular weight excluding hydrogens is 513 g/mol. The Labute approximate surface area is 224 Å². The zero-order valence-electron chi connectivity index (χ0n) is 21.7. The summed E-state index contributed by atoms with van der Waals surface area (Å²) in [7, 11) is 1.47. The van der Waals surface area contributed by atoms with E-state index in [1.165, 1.54) is 35.2 Å². The normalized spacial score (nSPS) is 17.9. The zero-order valence-corrected chi connectivity index (χ0v) is 21.7. The number of urea groups is 1. The van der Waals surface area contributed by atoms with Crippen LogP contribution in [0.5, 0.6) is 5.88 Å². The molecule has 0 bridgehead atoms. The highest BCUT2D eigenvalue weighted by molar-refractivity contribution is 5.98. The van der Waals surface area contributed by atoms with Crippen molar-refractivity contribution in [2.45, 2.75) is 26.0 Å². The Kier molecular flexibility index (Phi) is 8.39. The van der Waals surface area contributed by atoms with Crippen LogP contribution < -0.4 is 10.1 Å². The molecule has 3 aromatic rings. The molecule has 8 nitrogen and oxygen atoms in total. The van der Waals surface area contributed by atoms with E-state index >= 15 is 0 Å². The number of rotatable bonds is 6. The molecule has 1 aliphatic rings. The number of benzene rings is 2. The molecule has 0 spiro atoms. The minimum Gasteiger partial charge on any atom is -0.472 e. The van der Waals surface area contributed by atoms with Gasteiger partial charge < -0.3 is 25.0 Å². The standard InChI is InChI=1S/C28H29F3N4O4/c1-16-13-35(17(2)15-36)27(37)22-10-19(18-5-4-6-20(29)9-18)12-32-26(22)39-25(16)14-34(3)28(38)33-24-11-21(30)7-8-23(24)31/h4-12,16-17,25,36H,13-15H2,1-3H3,(H,33,38)/t16-,17+,25+/m0/s1. The minimum atomic E-state index is -0.784. The Hall–Kier alpha value is -4.12. The number of carbonyl (C=O) groups excluding carboxylic acids is 2. The van der Waals surface area contributed by atoms with Crippen molar-refractivity contribution in [1.29, 1.82) is 0 Å². The molecule has 206 valence electrons. The Morgan fingerprint density at radius 2 is 1.92 bits per heavy atom. The van der Waals surface area contributed by atoms with Gasteiger partial charge in [-0.15, -0.1) is 0 Å². The van der Waals surface area contributed by atoms with E-state index in [0.717, 1.165) is 18.2 Å². The van der Waals surface area contributed by atoms with E-state index in [1.54, 1.807) is 25.1 Å². The van der Waals surface area contributed by atoms with Crippen LogP contribution in [0.1, 0.15) is 24.2 Å². The van der Waals surface area contributed by atoms with Crippen molar-refractivity contribution in [1.82, 2.24) is 14.8 Å². The quantitative estimate of drug-likeness (QED) is 0.477. The first kappa shape index (κ1) is 27.9. The van der Waals surface area contributed by atoms with E-state index in [2.05, 4.69) is 10.3 Å². The van der Waals surface area contributed by atoms with Gasteiger partial charge in [0, 0.05) is 37.3 Å². The number of aliphatic hydroxyl groups is 1. The SMILES string of the molecule is C[C@H](CO)N1C[C@H](C)[C@@H](CN(C)C(=O)Nc2cc(F)ccc2F)Oc2ncc(-c3cccc(F)c3)cc2C1=O. The van der Waals surface area contributed by atoms with Crippen LogP contribution in [-0.4, -0.2) is 70.7 Å². The topological polar surface area (TPSA) is 95.0 Å². The van der Waals surface area contributed by atoms with E-state index in [1.807, 2.05) is 6.92 Å². The molecule has 0 fully saturated rings. The molecule has 3 amide bonds. The molecule has 0 saturated heterocycles. The Morgan fingerprint density at radius 1 is 1.18 bits per heavy atom. The Bertz CT molecular complexity index is 1370. The maximum Gasteiger partial charge on any atom is 0.321 e. The van der Waals surface area contributed by atoms with E-state index in [0.29, 0.717) is 11.1 Å². The number of nitrogens with zero attached hydrogens (tertiary/aromatic N) is 3. The highest BCUT2D eigenvalue weighted by atomic mass is 19.1. The van der Waals surface area contributed by atoms with Crippen LogP contribution in [0, 0.1) is 23.4 Å². The molecule has 4 rings (SSSR count). The lowest BCUT2D eigenvalue weighted by Gasteiger charge is -2.37. The molecule has 1 aliphatic heterocycles. The summed E-state index contributed by atoms with van der Waals surface area (Å²) in [5.74, 6) is -2.62. The number of anilines is 1. The second kappa shape index (κ2) is 11.7. The second-order valence-electron chi connectivity index (χ2n) is 9.64. The third-order valence-corrected chi connectivity index (χ3v) is 6.65. The molecule has 0 aliphatic carbocycles. The van der Waals surface area contributed by atoms with E-state index in [-0.39, 0.29) is 42.7 Å². The van der Waals surface area contributed by atoms with Gasteiger partial charge in [-0.05, 0) is 42.8 Å². The van der Waals surface area contributed by atoms with Crippen LogP contribution in [0.3, 0.4) is 0 Å². The molecule has 2 N–H and O–H groups in total. The van der Waals surface area contributed by atoms with Crippen LogP contribution in [0.15, 0.2) is 54.7 Å². The van der Waals surface area contributed by atoms with E-state index in [9.17, 15) is 27.9 Å². The molecule has 3 atom stereocenters. The number of aromatic nitrogens is 1. The highest BCUT2D eigenvalue weighted by Crippen LogP contribution is 2.30. The lowest BCUT2D eigenvalue weighted by Crippen LogP contribution is -2.50. The van der Waals surface area contributed by atoms with Crippen molar-refractivity contribution in [2.75, 3.05) is 32.1 Å². The van der Waals surface area contributed by atoms with Crippen molar-refractivity contribution in [2.24, 2.45) is 5.92 Å². The van der Waals surface area contributed by atoms with Crippen molar-refractivity contribution < 1.29 is 32.6 Å². The average Bonchev–Trinajstić information content (AvgIpc) is 2.91. The van der Waals surface area contributed by atoms with Crippen molar-refractivity contribution >= 4 is 17.6 Å². The monoisotopic (exact) mass is 542 g/mol. The fourth-order valence-corrected chi connectivity index (χ4v) is 4.30. The van der Waals surface area contributed by atoms with Crippen molar-refractivity contribution in [3.63, 3.8) is 0 Å². The summed E-state index contributed by atoms with van der Waals surface area (Å²) >= 11 is 0. The number of hydrogen-bond donors (Lipinski definition) is 2. The molecule has 11 heteroatoms. The van der Waals surface area contributed by atoms with Gasteiger partial charge in [0.1, 0.15) is 29.1 Å². The number of nitrogens with one attached hydrogen (secondary N) is 1. The third-order valence-electron chi connectivity index (χ3n) is 6.65. The molecule has 0 radical (unpaired) electrons. The highest BCUT2D eigenvalue weighted by Gasteiger charge is 2.35. The number of likely N-dealkylation sites (N-methyl/N-ethyl adjacent to an activating group) is 1. The summed E-state index contributed by atoms with van der Waals surface area (Å²) in [5, 5.41) is 12.2. The van der Waals surface area contributed by atoms with Gasteiger partial charge in [-0.25, -0.2) is 22.9 Å². The fourth-order valence-electron chi connectivity index (χ4n) is 4.30. The van der Waals surface area contributed by atoms with Crippen LogP contribution in [-0.2, 0) is 0 Å². The molecule has 39 heavy (non-hydrogen) atoms. The number of fused-ring (bicyclic) bond motifs is 1. The summed E-state index contributed by atoms with van der Waals surface area (Å²) in [5.41, 5.74) is 0.847. The third kappa shape index (κ3) is 6.31. The summed E-state index contributed by atoms with van der Waals surface area (Å²) in [4.78, 5) is 33.5. The van der Waals surface area contributed by atoms with Gasteiger partial charge in [0.15, 0.2) is 0 Å². The van der Waals surface area contributed by atoms with Crippen LogP contribution in [0.25, 0.3) is 11.1 Å². The number of amides is 3. The van der Waals surface area contributed by atoms with Crippen LogP contribution >= 0.6 is 0 Å². The predicted molar refractivity (Wildman–Crippen MR) is 139 cm³/mol. The van der Waals surface area contributed by atoms with Crippen LogP contribution in [0.2, 0.25) is 0 Å². The number of aliphatic hydroxyl groups excluding tert-OH is 1. The first-order valence-corrected chi connectivity index (χ1v) is 12.4. The molecule has 0 saturated carbocycles. The van der Waals surface area contributed by atoms with Gasteiger partial charge in [-0.1, -0.05) is 19.1 Å². The van der Waals surface area contributed by atoms with Gasteiger partial charge in [0.05, 0.1) is 24.9 Å². The van der Waals surface area contributed by atoms with Crippen LogP contribution in [0.4, 0.5) is 23.7 Å².